The Morgan fingerprint density at radius 3 is 2.31 bits per heavy atom. The number of ketones is 1. The second kappa shape index (κ2) is 4.73. The zero-order chi connectivity index (χ0) is 12.5. The highest BCUT2D eigenvalue weighted by Gasteiger charge is 2.26. The number of hydrogen-bond acceptors (Lipinski definition) is 3. The molecular formula is C10H10Cl2O3S. The molecule has 0 saturated heterocycles. The van der Waals surface area contributed by atoms with E-state index in [4.69, 9.17) is 23.2 Å². The molecule has 0 N–H and O–H groups in total. The van der Waals surface area contributed by atoms with E-state index >= 15 is 0 Å². The average Bonchev–Trinajstić information content (AvgIpc) is 2.14. The lowest BCUT2D eigenvalue weighted by Crippen LogP contribution is -2.26. The second-order valence-electron chi connectivity index (χ2n) is 3.46. The summed E-state index contributed by atoms with van der Waals surface area (Å²) in [4.78, 5) is 11.8. The van der Waals surface area contributed by atoms with Crippen molar-refractivity contribution in [1.29, 1.82) is 0 Å². The molecule has 0 aliphatic rings. The van der Waals surface area contributed by atoms with Gasteiger partial charge in [0.1, 0.15) is 5.25 Å². The van der Waals surface area contributed by atoms with Crippen molar-refractivity contribution in [3.05, 3.63) is 33.8 Å². The van der Waals surface area contributed by atoms with Crippen molar-refractivity contribution in [2.75, 3.05) is 6.26 Å². The van der Waals surface area contributed by atoms with Crippen LogP contribution in [0.1, 0.15) is 17.3 Å². The number of halogens is 2. The molecular weight excluding hydrogens is 271 g/mol. The number of carbonyl (C=O) groups is 1. The molecule has 0 heterocycles. The first-order valence-electron chi connectivity index (χ1n) is 4.41. The predicted molar refractivity (Wildman–Crippen MR) is 65.1 cm³/mol. The molecule has 1 rings (SSSR count). The first-order valence-corrected chi connectivity index (χ1v) is 7.12. The van der Waals surface area contributed by atoms with Gasteiger partial charge in [-0.3, -0.25) is 4.79 Å². The van der Waals surface area contributed by atoms with Crippen molar-refractivity contribution in [1.82, 2.24) is 0 Å². The normalized spacial score (nSPS) is 13.5. The lowest BCUT2D eigenvalue weighted by atomic mass is 10.1. The Balaban J connectivity index is 3.16. The van der Waals surface area contributed by atoms with Crippen LogP contribution < -0.4 is 0 Å². The van der Waals surface area contributed by atoms with E-state index < -0.39 is 20.9 Å². The maximum absolute atomic E-state index is 11.8. The van der Waals surface area contributed by atoms with Gasteiger partial charge in [-0.25, -0.2) is 8.42 Å². The summed E-state index contributed by atoms with van der Waals surface area (Å²) in [6.45, 7) is 1.34. The van der Waals surface area contributed by atoms with Gasteiger partial charge in [0.2, 0.25) is 0 Å². The third kappa shape index (κ3) is 2.97. The molecule has 88 valence electrons. The van der Waals surface area contributed by atoms with E-state index in [-0.39, 0.29) is 10.6 Å². The van der Waals surface area contributed by atoms with E-state index in [0.29, 0.717) is 5.02 Å². The van der Waals surface area contributed by atoms with Gasteiger partial charge in [-0.05, 0) is 25.1 Å². The summed E-state index contributed by atoms with van der Waals surface area (Å²) >= 11 is 11.5. The largest absolute Gasteiger partial charge is 0.293 e. The standard InChI is InChI=1S/C10H10Cl2O3S/c1-6(16(2,14)15)10(13)8-4-3-7(11)5-9(8)12/h3-6H,1-2H3/t6-/m0/s1. The molecule has 1 atom stereocenters. The van der Waals surface area contributed by atoms with Gasteiger partial charge in [0.05, 0.1) is 5.02 Å². The van der Waals surface area contributed by atoms with Gasteiger partial charge >= 0.3 is 0 Å². The van der Waals surface area contributed by atoms with Crippen molar-refractivity contribution in [3.8, 4) is 0 Å². The molecule has 16 heavy (non-hydrogen) atoms. The topological polar surface area (TPSA) is 51.2 Å². The van der Waals surface area contributed by atoms with E-state index in [0.717, 1.165) is 6.26 Å². The number of benzene rings is 1. The highest BCUT2D eigenvalue weighted by molar-refractivity contribution is 7.92. The van der Waals surface area contributed by atoms with Crippen LogP contribution in [0.15, 0.2) is 18.2 Å². The Morgan fingerprint density at radius 1 is 1.31 bits per heavy atom. The van der Waals surface area contributed by atoms with Gasteiger partial charge in [0.15, 0.2) is 15.6 Å². The van der Waals surface area contributed by atoms with Gasteiger partial charge in [-0.2, -0.15) is 0 Å². The number of carbonyl (C=O) groups excluding carboxylic acids is 1. The van der Waals surface area contributed by atoms with Crippen LogP contribution in [0.3, 0.4) is 0 Å². The molecule has 0 aliphatic heterocycles. The summed E-state index contributed by atoms with van der Waals surface area (Å²) in [5.74, 6) is -0.524. The van der Waals surface area contributed by atoms with Crippen molar-refractivity contribution in [3.63, 3.8) is 0 Å². The van der Waals surface area contributed by atoms with Crippen LogP contribution >= 0.6 is 23.2 Å². The van der Waals surface area contributed by atoms with Gasteiger partial charge < -0.3 is 0 Å². The molecule has 1 aromatic rings. The Kier molecular flexibility index (Phi) is 3.99. The molecule has 6 heteroatoms. The Morgan fingerprint density at radius 2 is 1.88 bits per heavy atom. The minimum atomic E-state index is -3.42. The maximum atomic E-state index is 11.8. The first kappa shape index (κ1) is 13.5. The zero-order valence-electron chi connectivity index (χ0n) is 8.70. The van der Waals surface area contributed by atoms with E-state index in [1.807, 2.05) is 0 Å². The van der Waals surface area contributed by atoms with E-state index in [1.165, 1.54) is 25.1 Å². The SMILES string of the molecule is C[C@@H](C(=O)c1ccc(Cl)cc1Cl)S(C)(=O)=O. The van der Waals surface area contributed by atoms with Crippen LogP contribution in [0, 0.1) is 0 Å². The summed E-state index contributed by atoms with van der Waals surface area (Å²) < 4.78 is 22.5. The lowest BCUT2D eigenvalue weighted by Gasteiger charge is -2.09. The van der Waals surface area contributed by atoms with Crippen molar-refractivity contribution >= 4 is 38.8 Å². The molecule has 0 aliphatic carbocycles. The highest BCUT2D eigenvalue weighted by Crippen LogP contribution is 2.23. The summed E-state index contributed by atoms with van der Waals surface area (Å²) in [6, 6.07) is 4.33. The molecule has 0 fully saturated rings. The Bertz CT molecular complexity index is 523. The molecule has 1 aromatic carbocycles. The van der Waals surface area contributed by atoms with E-state index in [1.54, 1.807) is 0 Å². The number of hydrogen-bond donors (Lipinski definition) is 0. The second-order valence-corrected chi connectivity index (χ2v) is 6.67. The van der Waals surface area contributed by atoms with E-state index in [9.17, 15) is 13.2 Å². The van der Waals surface area contributed by atoms with Crippen molar-refractivity contribution in [2.24, 2.45) is 0 Å². The van der Waals surface area contributed by atoms with Crippen LogP contribution in [-0.4, -0.2) is 25.7 Å². The van der Waals surface area contributed by atoms with Crippen LogP contribution in [-0.2, 0) is 9.84 Å². The van der Waals surface area contributed by atoms with Crippen LogP contribution in [0.5, 0.6) is 0 Å². The summed E-state index contributed by atoms with van der Waals surface area (Å²) in [5, 5.41) is -0.548. The first-order chi connectivity index (χ1) is 7.23. The van der Waals surface area contributed by atoms with Gasteiger partial charge in [-0.1, -0.05) is 23.2 Å². The van der Waals surface area contributed by atoms with E-state index in [2.05, 4.69) is 0 Å². The summed E-state index contributed by atoms with van der Waals surface area (Å²) in [5.41, 5.74) is 0.170. The zero-order valence-corrected chi connectivity index (χ0v) is 11.0. The van der Waals surface area contributed by atoms with Crippen molar-refractivity contribution in [2.45, 2.75) is 12.2 Å². The lowest BCUT2D eigenvalue weighted by molar-refractivity contribution is 0.0992. The minimum Gasteiger partial charge on any atom is -0.293 e. The fourth-order valence-corrected chi connectivity index (χ4v) is 2.12. The maximum Gasteiger partial charge on any atom is 0.182 e. The quantitative estimate of drug-likeness (QED) is 0.800. The fourth-order valence-electron chi connectivity index (χ4n) is 1.10. The monoisotopic (exact) mass is 280 g/mol. The van der Waals surface area contributed by atoms with Crippen LogP contribution in [0.4, 0.5) is 0 Å². The molecule has 0 aromatic heterocycles. The predicted octanol–water partition coefficient (Wildman–Crippen LogP) is 2.61. The number of Topliss-reactive ketones (excluding diaryl/α,β-unsaturated/α-hetero) is 1. The third-order valence-corrected chi connectivity index (χ3v) is 4.25. The summed E-state index contributed by atoms with van der Waals surface area (Å²) in [7, 11) is -3.42. The Labute approximate surface area is 104 Å². The molecule has 0 unspecified atom stereocenters. The molecule has 3 nitrogen and oxygen atoms in total. The average molecular weight is 281 g/mol. The minimum absolute atomic E-state index is 0.160. The fraction of sp³-hybridized carbons (Fsp3) is 0.300. The number of sulfone groups is 1. The molecule has 0 amide bonds. The number of rotatable bonds is 3. The van der Waals surface area contributed by atoms with Crippen LogP contribution in [0.2, 0.25) is 10.0 Å². The highest BCUT2D eigenvalue weighted by atomic mass is 35.5. The van der Waals surface area contributed by atoms with Gasteiger partial charge in [0, 0.05) is 16.8 Å². The Hall–Kier alpha value is -0.580. The molecule has 0 saturated carbocycles. The molecule has 0 spiro atoms. The third-order valence-electron chi connectivity index (χ3n) is 2.21. The summed E-state index contributed by atoms with van der Waals surface area (Å²) in [6.07, 6.45) is 1.01. The van der Waals surface area contributed by atoms with Crippen molar-refractivity contribution < 1.29 is 13.2 Å². The van der Waals surface area contributed by atoms with Gasteiger partial charge in [-0.15, -0.1) is 0 Å². The van der Waals surface area contributed by atoms with Crippen LogP contribution in [0.25, 0.3) is 0 Å². The smallest absolute Gasteiger partial charge is 0.182 e. The molecule has 0 radical (unpaired) electrons. The molecule has 0 bridgehead atoms. The van der Waals surface area contributed by atoms with Gasteiger partial charge in [0.25, 0.3) is 0 Å².